The first-order valence-electron chi connectivity index (χ1n) is 11.0. The lowest BCUT2D eigenvalue weighted by Gasteiger charge is -2.12. The number of hydrogen-bond donors (Lipinski definition) is 0. The highest BCUT2D eigenvalue weighted by Crippen LogP contribution is 2.22. The van der Waals surface area contributed by atoms with E-state index in [4.69, 9.17) is 9.47 Å². The van der Waals surface area contributed by atoms with E-state index in [1.54, 1.807) is 43.2 Å². The van der Waals surface area contributed by atoms with Gasteiger partial charge in [-0.2, -0.15) is 0 Å². The van der Waals surface area contributed by atoms with Gasteiger partial charge in [-0.15, -0.1) is 0 Å². The Morgan fingerprint density at radius 1 is 0.935 bits per heavy atom. The molecule has 7 heteroatoms. The molecule has 0 amide bonds. The zero-order chi connectivity index (χ0) is 22.5. The molecule has 1 atom stereocenters. The fraction of sp³-hybridized carbons (Fsp3) is 0.500. The Bertz CT molecular complexity index is 809. The van der Waals surface area contributed by atoms with E-state index in [-0.39, 0.29) is 6.61 Å². The molecule has 0 unspecified atom stereocenters. The van der Waals surface area contributed by atoms with Gasteiger partial charge in [0.15, 0.2) is 11.3 Å². The highest BCUT2D eigenvalue weighted by molar-refractivity contribution is 7.99. The second kappa shape index (κ2) is 13.8. The summed E-state index contributed by atoms with van der Waals surface area (Å²) < 4.78 is 9.99. The number of carbonyl (C=O) groups excluding carboxylic acids is 2. The van der Waals surface area contributed by atoms with Gasteiger partial charge in [0, 0.05) is 23.7 Å². The fourth-order valence-corrected chi connectivity index (χ4v) is 3.71. The number of rotatable bonds is 13. The molecule has 0 radical (unpaired) electrons. The minimum absolute atomic E-state index is 0.244. The van der Waals surface area contributed by atoms with E-state index in [9.17, 15) is 9.59 Å². The molecule has 0 saturated heterocycles. The van der Waals surface area contributed by atoms with Crippen LogP contribution in [0.3, 0.4) is 0 Å². The van der Waals surface area contributed by atoms with Crippen LogP contribution in [0.1, 0.15) is 69.7 Å². The maximum Gasteiger partial charge on any atom is 0.347 e. The summed E-state index contributed by atoms with van der Waals surface area (Å²) in [5, 5.41) is 0.783. The third kappa shape index (κ3) is 8.69. The van der Waals surface area contributed by atoms with E-state index in [1.807, 2.05) is 12.1 Å². The number of hydrogen-bond acceptors (Lipinski definition) is 7. The van der Waals surface area contributed by atoms with E-state index in [1.165, 1.54) is 45.4 Å². The molecule has 0 bridgehead atoms. The van der Waals surface area contributed by atoms with Crippen molar-refractivity contribution in [2.45, 2.75) is 70.6 Å². The monoisotopic (exact) mass is 444 g/mol. The van der Waals surface area contributed by atoms with Crippen LogP contribution in [0.5, 0.6) is 0 Å². The average Bonchev–Trinajstić information content (AvgIpc) is 2.79. The highest BCUT2D eigenvalue weighted by atomic mass is 32.2. The fourth-order valence-electron chi connectivity index (χ4n) is 2.92. The number of aromatic nitrogens is 2. The standard InChI is InChI=1S/C24H32N2O4S/c1-4-6-7-8-9-10-15-31-24-25-16-21(17-26-24)19-11-13-20(14-12-19)23(28)30-18(3)22(27)29-5-2/h11-14,16-18H,4-10,15H2,1-3H3/t18-/m0/s1. The van der Waals surface area contributed by atoms with Crippen LogP contribution < -0.4 is 0 Å². The first kappa shape index (κ1) is 24.9. The Kier molecular flexibility index (Phi) is 11.1. The molecule has 168 valence electrons. The molecule has 0 aliphatic heterocycles. The van der Waals surface area contributed by atoms with Crippen molar-refractivity contribution < 1.29 is 19.1 Å². The molecule has 2 rings (SSSR count). The molecule has 0 spiro atoms. The molecule has 2 aromatic rings. The van der Waals surface area contributed by atoms with E-state index in [0.717, 1.165) is 22.0 Å². The summed E-state index contributed by atoms with van der Waals surface area (Å²) in [7, 11) is 0. The van der Waals surface area contributed by atoms with Crippen molar-refractivity contribution in [2.75, 3.05) is 12.4 Å². The van der Waals surface area contributed by atoms with Gasteiger partial charge in [0.25, 0.3) is 0 Å². The van der Waals surface area contributed by atoms with Gasteiger partial charge in [0.05, 0.1) is 12.2 Å². The lowest BCUT2D eigenvalue weighted by Crippen LogP contribution is -2.26. The van der Waals surface area contributed by atoms with Crippen molar-refractivity contribution >= 4 is 23.7 Å². The van der Waals surface area contributed by atoms with Crippen molar-refractivity contribution in [2.24, 2.45) is 0 Å². The summed E-state index contributed by atoms with van der Waals surface area (Å²) in [5.74, 6) is -0.0872. The molecule has 6 nitrogen and oxygen atoms in total. The number of unbranched alkanes of at least 4 members (excludes halogenated alkanes) is 5. The minimum atomic E-state index is -0.943. The Balaban J connectivity index is 1.83. The van der Waals surface area contributed by atoms with Gasteiger partial charge in [-0.1, -0.05) is 62.9 Å². The molecule has 1 aromatic carbocycles. The lowest BCUT2D eigenvalue weighted by atomic mass is 10.1. The van der Waals surface area contributed by atoms with Gasteiger partial charge in [-0.3, -0.25) is 0 Å². The van der Waals surface area contributed by atoms with Crippen molar-refractivity contribution in [3.63, 3.8) is 0 Å². The number of ether oxygens (including phenoxy) is 2. The molecule has 0 aliphatic carbocycles. The summed E-state index contributed by atoms with van der Waals surface area (Å²) >= 11 is 1.68. The predicted molar refractivity (Wildman–Crippen MR) is 123 cm³/mol. The predicted octanol–water partition coefficient (Wildman–Crippen LogP) is 5.70. The van der Waals surface area contributed by atoms with Crippen LogP contribution in [0, 0.1) is 0 Å². The number of carbonyl (C=O) groups is 2. The molecule has 1 heterocycles. The Morgan fingerprint density at radius 3 is 2.23 bits per heavy atom. The van der Waals surface area contributed by atoms with Crippen LogP contribution in [0.4, 0.5) is 0 Å². The van der Waals surface area contributed by atoms with Gasteiger partial charge < -0.3 is 9.47 Å². The SMILES string of the molecule is CCCCCCCCSc1ncc(-c2ccc(C(=O)O[C@@H](C)C(=O)OCC)cc2)cn1. The molecule has 0 fully saturated rings. The Morgan fingerprint density at radius 2 is 1.58 bits per heavy atom. The summed E-state index contributed by atoms with van der Waals surface area (Å²) in [6, 6.07) is 6.95. The topological polar surface area (TPSA) is 78.4 Å². The summed E-state index contributed by atoms with van der Waals surface area (Å²) in [6.45, 7) is 5.67. The molecular formula is C24H32N2O4S. The highest BCUT2D eigenvalue weighted by Gasteiger charge is 2.19. The third-order valence-corrected chi connectivity index (χ3v) is 5.68. The van der Waals surface area contributed by atoms with E-state index < -0.39 is 18.0 Å². The van der Waals surface area contributed by atoms with Crippen molar-refractivity contribution in [1.29, 1.82) is 0 Å². The normalized spacial score (nSPS) is 11.7. The van der Waals surface area contributed by atoms with Crippen molar-refractivity contribution in [3.05, 3.63) is 42.2 Å². The number of nitrogens with zero attached hydrogens (tertiary/aromatic N) is 2. The second-order valence-corrected chi connectivity index (χ2v) is 8.31. The third-order valence-electron chi connectivity index (χ3n) is 4.71. The van der Waals surface area contributed by atoms with Gasteiger partial charge >= 0.3 is 11.9 Å². The molecular weight excluding hydrogens is 412 g/mol. The second-order valence-electron chi connectivity index (χ2n) is 7.25. The van der Waals surface area contributed by atoms with Gasteiger partial charge in [0.2, 0.25) is 0 Å². The molecule has 0 aliphatic rings. The maximum absolute atomic E-state index is 12.2. The summed E-state index contributed by atoms with van der Waals surface area (Å²) in [4.78, 5) is 32.7. The number of thioether (sulfide) groups is 1. The van der Waals surface area contributed by atoms with E-state index in [0.29, 0.717) is 5.56 Å². The summed E-state index contributed by atoms with van der Waals surface area (Å²) in [5.41, 5.74) is 2.15. The number of benzene rings is 1. The van der Waals surface area contributed by atoms with E-state index in [2.05, 4.69) is 16.9 Å². The van der Waals surface area contributed by atoms with Crippen LogP contribution >= 0.6 is 11.8 Å². The zero-order valence-corrected chi connectivity index (χ0v) is 19.5. The van der Waals surface area contributed by atoms with Gasteiger partial charge in [-0.25, -0.2) is 19.6 Å². The van der Waals surface area contributed by atoms with Crippen LogP contribution in [-0.4, -0.2) is 40.4 Å². The Labute approximate surface area is 189 Å². The smallest absolute Gasteiger partial charge is 0.347 e. The minimum Gasteiger partial charge on any atom is -0.463 e. The molecule has 0 saturated carbocycles. The maximum atomic E-state index is 12.2. The van der Waals surface area contributed by atoms with E-state index >= 15 is 0 Å². The van der Waals surface area contributed by atoms with Crippen molar-refractivity contribution in [1.82, 2.24) is 9.97 Å². The van der Waals surface area contributed by atoms with Crippen LogP contribution in [0.15, 0.2) is 41.8 Å². The molecule has 31 heavy (non-hydrogen) atoms. The summed E-state index contributed by atoms with van der Waals surface area (Å²) in [6.07, 6.45) is 10.3. The van der Waals surface area contributed by atoms with Crippen LogP contribution in [-0.2, 0) is 14.3 Å². The van der Waals surface area contributed by atoms with Crippen LogP contribution in [0.2, 0.25) is 0 Å². The van der Waals surface area contributed by atoms with Gasteiger partial charge in [-0.05, 0) is 38.0 Å². The van der Waals surface area contributed by atoms with Crippen LogP contribution in [0.25, 0.3) is 11.1 Å². The average molecular weight is 445 g/mol. The van der Waals surface area contributed by atoms with Crippen molar-refractivity contribution in [3.8, 4) is 11.1 Å². The first-order chi connectivity index (χ1) is 15.0. The lowest BCUT2D eigenvalue weighted by molar-refractivity contribution is -0.152. The Hall–Kier alpha value is -2.41. The van der Waals surface area contributed by atoms with Gasteiger partial charge in [0.1, 0.15) is 0 Å². The quantitative estimate of drug-likeness (QED) is 0.170. The largest absolute Gasteiger partial charge is 0.463 e. The number of esters is 2. The zero-order valence-electron chi connectivity index (χ0n) is 18.6. The molecule has 1 aromatic heterocycles. The molecule has 0 N–H and O–H groups in total. The first-order valence-corrected chi connectivity index (χ1v) is 12.0.